The number of ether oxygens (including phenoxy) is 2. The minimum atomic E-state index is -3.74. The molecule has 0 bridgehead atoms. The number of fused-ring (bicyclic) bond motifs is 1. The number of rotatable bonds is 13. The zero-order valence-corrected chi connectivity index (χ0v) is 25.9. The van der Waals surface area contributed by atoms with E-state index in [1.807, 2.05) is 0 Å². The number of halogens is 5. The molecule has 48 heavy (non-hydrogen) atoms. The third-order valence-electron chi connectivity index (χ3n) is 7.16. The summed E-state index contributed by atoms with van der Waals surface area (Å²) in [5.41, 5.74) is -0.209. The maximum absolute atomic E-state index is 15.2. The van der Waals surface area contributed by atoms with Crippen LogP contribution >= 0.6 is 11.6 Å². The topological polar surface area (TPSA) is 141 Å². The van der Waals surface area contributed by atoms with E-state index in [-0.39, 0.29) is 34.9 Å². The Bertz CT molecular complexity index is 1830. The molecule has 0 aliphatic rings. The SMILES string of the molecule is CN(C(=O)CCc1cccc(F)c1Cl)[C@H](COC(=O)Nc1cc2cc(F)ccc2cn1)CC(F)(F)COC(=O)c1ccc([N+](=O)[O-])cc1. The molecule has 4 aromatic rings. The van der Waals surface area contributed by atoms with Crippen molar-refractivity contribution in [2.45, 2.75) is 31.2 Å². The predicted octanol–water partition coefficient (Wildman–Crippen LogP) is 6.97. The fraction of sp³-hybridized carbons (Fsp3) is 0.250. The van der Waals surface area contributed by atoms with Crippen molar-refractivity contribution in [1.29, 1.82) is 0 Å². The van der Waals surface area contributed by atoms with E-state index in [1.54, 1.807) is 0 Å². The molecule has 4 rings (SSSR count). The highest BCUT2D eigenvalue weighted by atomic mass is 35.5. The first-order valence-electron chi connectivity index (χ1n) is 14.2. The molecule has 0 saturated heterocycles. The number of amides is 2. The monoisotopic (exact) mass is 690 g/mol. The van der Waals surface area contributed by atoms with Crippen molar-refractivity contribution < 1.29 is 46.3 Å². The number of hydrogen-bond acceptors (Lipinski definition) is 8. The number of pyridine rings is 1. The van der Waals surface area contributed by atoms with E-state index in [0.717, 1.165) is 35.2 Å². The largest absolute Gasteiger partial charge is 0.456 e. The minimum absolute atomic E-state index is 0.0189. The summed E-state index contributed by atoms with van der Waals surface area (Å²) in [5, 5.41) is 14.0. The summed E-state index contributed by atoms with van der Waals surface area (Å²) in [6.07, 6.45) is -1.14. The number of anilines is 1. The third kappa shape index (κ3) is 9.61. The molecule has 252 valence electrons. The van der Waals surface area contributed by atoms with Crippen LogP contribution in [-0.4, -0.2) is 65.0 Å². The molecule has 1 atom stereocenters. The van der Waals surface area contributed by atoms with Gasteiger partial charge in [0.2, 0.25) is 5.91 Å². The summed E-state index contributed by atoms with van der Waals surface area (Å²) in [6.45, 7) is -2.16. The average Bonchev–Trinajstić information content (AvgIpc) is 3.05. The van der Waals surface area contributed by atoms with Crippen LogP contribution < -0.4 is 5.32 Å². The van der Waals surface area contributed by atoms with Crippen molar-refractivity contribution >= 4 is 51.8 Å². The average molecular weight is 691 g/mol. The number of aromatic nitrogens is 1. The standard InChI is InChI=1S/C32H27ClF4N4O7/c1-40(28(42)12-8-19-3-2-4-26(35)29(19)33)25(15-32(36,37)18-48-30(43)20-6-10-24(11-7-20)41(45)46)17-47-31(44)39-27-14-22-13-23(34)9-5-21(22)16-38-27/h2-7,9-11,13-14,16,25H,8,12,15,17-18H2,1H3,(H,38,39,44)/t25-/m0/s1. The number of carbonyl (C=O) groups excluding carboxylic acids is 3. The molecule has 2 amide bonds. The van der Waals surface area contributed by atoms with Crippen LogP contribution in [0.5, 0.6) is 0 Å². The van der Waals surface area contributed by atoms with E-state index in [1.165, 1.54) is 49.6 Å². The third-order valence-corrected chi connectivity index (χ3v) is 7.59. The summed E-state index contributed by atoms with van der Waals surface area (Å²) < 4.78 is 67.7. The Balaban J connectivity index is 1.43. The highest BCUT2D eigenvalue weighted by Gasteiger charge is 2.38. The van der Waals surface area contributed by atoms with E-state index in [2.05, 4.69) is 10.3 Å². The van der Waals surface area contributed by atoms with E-state index in [9.17, 15) is 33.3 Å². The lowest BCUT2D eigenvalue weighted by Crippen LogP contribution is -2.45. The summed E-state index contributed by atoms with van der Waals surface area (Å²) >= 11 is 5.96. The Morgan fingerprint density at radius 1 is 1.04 bits per heavy atom. The number of hydrogen-bond donors (Lipinski definition) is 1. The molecular formula is C32H27ClF4N4O7. The molecule has 11 nitrogen and oxygen atoms in total. The molecule has 0 aliphatic carbocycles. The molecule has 16 heteroatoms. The van der Waals surface area contributed by atoms with Gasteiger partial charge in [-0.25, -0.2) is 32.1 Å². The van der Waals surface area contributed by atoms with Crippen LogP contribution in [0, 0.1) is 21.7 Å². The molecule has 1 aromatic heterocycles. The number of nitrogens with one attached hydrogen (secondary N) is 1. The van der Waals surface area contributed by atoms with Gasteiger partial charge in [0.1, 0.15) is 24.1 Å². The number of nitro groups is 1. The lowest BCUT2D eigenvalue weighted by Gasteiger charge is -2.31. The molecule has 0 spiro atoms. The maximum atomic E-state index is 15.2. The van der Waals surface area contributed by atoms with E-state index < -0.39 is 66.1 Å². The Labute approximate surface area is 275 Å². The van der Waals surface area contributed by atoms with E-state index >= 15 is 8.78 Å². The van der Waals surface area contributed by atoms with E-state index in [4.69, 9.17) is 21.1 Å². The van der Waals surface area contributed by atoms with Gasteiger partial charge in [0.15, 0.2) is 6.61 Å². The van der Waals surface area contributed by atoms with Crippen molar-refractivity contribution in [2.24, 2.45) is 0 Å². The van der Waals surface area contributed by atoms with Crippen LogP contribution in [0.1, 0.15) is 28.8 Å². The Morgan fingerprint density at radius 3 is 2.48 bits per heavy atom. The fourth-order valence-electron chi connectivity index (χ4n) is 4.54. The number of carbonyl (C=O) groups is 3. The summed E-state index contributed by atoms with van der Waals surface area (Å²) in [5.74, 6) is -6.81. The normalized spacial score (nSPS) is 11.9. The van der Waals surface area contributed by atoms with Crippen molar-refractivity contribution in [3.8, 4) is 0 Å². The zero-order valence-electron chi connectivity index (χ0n) is 25.1. The smallest absolute Gasteiger partial charge is 0.412 e. The lowest BCUT2D eigenvalue weighted by atomic mass is 10.1. The number of aryl methyl sites for hydroxylation is 1. The van der Waals surface area contributed by atoms with Crippen LogP contribution in [0.3, 0.4) is 0 Å². The van der Waals surface area contributed by atoms with Gasteiger partial charge in [-0.05, 0) is 59.8 Å². The quantitative estimate of drug-likeness (QED) is 0.0687. The fourth-order valence-corrected chi connectivity index (χ4v) is 4.76. The van der Waals surface area contributed by atoms with Gasteiger partial charge in [0, 0.05) is 43.6 Å². The van der Waals surface area contributed by atoms with Crippen molar-refractivity contribution in [3.05, 3.63) is 111 Å². The van der Waals surface area contributed by atoms with Gasteiger partial charge in [0.05, 0.1) is 21.6 Å². The summed E-state index contributed by atoms with van der Waals surface area (Å²) in [7, 11) is 1.21. The van der Waals surface area contributed by atoms with Gasteiger partial charge in [-0.15, -0.1) is 0 Å². The van der Waals surface area contributed by atoms with Gasteiger partial charge >= 0.3 is 12.1 Å². The molecule has 3 aromatic carbocycles. The second kappa shape index (κ2) is 15.5. The molecule has 0 radical (unpaired) electrons. The number of nitrogens with zero attached hydrogens (tertiary/aromatic N) is 3. The van der Waals surface area contributed by atoms with Gasteiger partial charge in [0.25, 0.3) is 11.6 Å². The first-order valence-corrected chi connectivity index (χ1v) is 14.6. The number of benzene rings is 3. The summed E-state index contributed by atoms with van der Waals surface area (Å²) in [4.78, 5) is 53.1. The lowest BCUT2D eigenvalue weighted by molar-refractivity contribution is -0.384. The van der Waals surface area contributed by atoms with Gasteiger partial charge in [-0.2, -0.15) is 0 Å². The number of likely N-dealkylation sites (N-methyl/N-ethyl adjacent to an activating group) is 1. The first-order chi connectivity index (χ1) is 22.7. The summed E-state index contributed by atoms with van der Waals surface area (Å²) in [6, 6.07) is 12.0. The highest BCUT2D eigenvalue weighted by Crippen LogP contribution is 2.26. The Kier molecular flexibility index (Phi) is 11.5. The number of non-ortho nitro benzene ring substituents is 1. The van der Waals surface area contributed by atoms with Gasteiger partial charge < -0.3 is 14.4 Å². The van der Waals surface area contributed by atoms with Gasteiger partial charge in [-0.1, -0.05) is 23.7 Å². The van der Waals surface area contributed by atoms with E-state index in [0.29, 0.717) is 16.3 Å². The van der Waals surface area contributed by atoms with Crippen molar-refractivity contribution in [2.75, 3.05) is 25.6 Å². The van der Waals surface area contributed by atoms with Crippen LogP contribution in [0.4, 0.5) is 33.9 Å². The second-order valence-corrected chi connectivity index (χ2v) is 11.0. The van der Waals surface area contributed by atoms with Crippen LogP contribution in [0.2, 0.25) is 5.02 Å². The van der Waals surface area contributed by atoms with Crippen molar-refractivity contribution in [3.63, 3.8) is 0 Å². The van der Waals surface area contributed by atoms with Gasteiger partial charge in [-0.3, -0.25) is 20.2 Å². The zero-order chi connectivity index (χ0) is 35.0. The number of nitro benzene ring substituents is 1. The number of alkyl halides is 2. The molecule has 0 fully saturated rings. The predicted molar refractivity (Wildman–Crippen MR) is 166 cm³/mol. The maximum Gasteiger partial charge on any atom is 0.412 e. The van der Waals surface area contributed by atoms with Crippen LogP contribution in [0.25, 0.3) is 10.8 Å². The molecule has 0 saturated carbocycles. The number of esters is 1. The molecule has 1 N–H and O–H groups in total. The molecular weight excluding hydrogens is 664 g/mol. The minimum Gasteiger partial charge on any atom is -0.456 e. The van der Waals surface area contributed by atoms with Crippen LogP contribution in [-0.2, 0) is 20.7 Å². The molecule has 0 aliphatic heterocycles. The molecule has 0 unspecified atom stereocenters. The van der Waals surface area contributed by atoms with Crippen molar-refractivity contribution in [1.82, 2.24) is 9.88 Å². The second-order valence-electron chi connectivity index (χ2n) is 10.6. The Hall–Kier alpha value is -5.31. The highest BCUT2D eigenvalue weighted by molar-refractivity contribution is 6.31. The Morgan fingerprint density at radius 2 is 1.77 bits per heavy atom. The van der Waals surface area contributed by atoms with Crippen LogP contribution in [0.15, 0.2) is 72.9 Å². The molecule has 1 heterocycles. The first kappa shape index (κ1) is 35.5.